The molecular weight excluding hydrogens is 483 g/mol. The van der Waals surface area contributed by atoms with Gasteiger partial charge in [0, 0.05) is 31.2 Å². The second kappa shape index (κ2) is 8.61. The zero-order valence-corrected chi connectivity index (χ0v) is 21.5. The zero-order valence-electron chi connectivity index (χ0n) is 21.5. The summed E-state index contributed by atoms with van der Waals surface area (Å²) in [6.45, 7) is 6.35. The van der Waals surface area contributed by atoms with Gasteiger partial charge in [0.05, 0.1) is 24.6 Å². The smallest absolute Gasteiger partial charge is 0.411 e. The average molecular weight is 517 g/mol. The molecule has 1 saturated carbocycles. The monoisotopic (exact) mass is 516 g/mol. The molecule has 0 bridgehead atoms. The fourth-order valence-corrected chi connectivity index (χ4v) is 5.75. The van der Waals surface area contributed by atoms with Crippen LogP contribution in [0.4, 0.5) is 14.9 Å². The van der Waals surface area contributed by atoms with Gasteiger partial charge < -0.3 is 29.8 Å². The number of carboxylic acids is 1. The number of carbonyl (C=O) groups excluding carboxylic acids is 1. The first-order valence-corrected chi connectivity index (χ1v) is 12.6. The van der Waals surface area contributed by atoms with Crippen LogP contribution in [0.3, 0.4) is 0 Å². The molecule has 3 aliphatic rings. The van der Waals surface area contributed by atoms with Crippen molar-refractivity contribution in [3.63, 3.8) is 0 Å². The molecule has 5 rings (SSSR count). The molecule has 3 heterocycles. The van der Waals surface area contributed by atoms with Crippen molar-refractivity contribution in [2.75, 3.05) is 31.6 Å². The molecule has 200 valence electrons. The van der Waals surface area contributed by atoms with E-state index in [1.165, 1.54) is 13.3 Å². The first-order valence-electron chi connectivity index (χ1n) is 12.6. The van der Waals surface area contributed by atoms with Crippen LogP contribution < -0.4 is 20.8 Å². The number of benzene rings is 1. The number of methoxy groups -OCH3 is 1. The van der Waals surface area contributed by atoms with Gasteiger partial charge in [-0.25, -0.2) is 14.0 Å². The fourth-order valence-electron chi connectivity index (χ4n) is 5.75. The number of rotatable bonds is 4. The second-order valence-corrected chi connectivity index (χ2v) is 11.3. The Hall–Kier alpha value is -3.34. The van der Waals surface area contributed by atoms with Gasteiger partial charge in [-0.1, -0.05) is 0 Å². The molecule has 2 unspecified atom stereocenters. The highest BCUT2D eigenvalue weighted by molar-refractivity contribution is 5.97. The Morgan fingerprint density at radius 3 is 2.54 bits per heavy atom. The van der Waals surface area contributed by atoms with Crippen LogP contribution >= 0.6 is 0 Å². The van der Waals surface area contributed by atoms with E-state index < -0.39 is 40.1 Å². The quantitative estimate of drug-likeness (QED) is 0.634. The number of ether oxygens (including phenoxy) is 2. The van der Waals surface area contributed by atoms with E-state index in [1.54, 1.807) is 35.1 Å². The number of hydrogen-bond acceptors (Lipinski definition) is 7. The molecule has 2 aromatic rings. The van der Waals surface area contributed by atoms with Crippen LogP contribution in [0.5, 0.6) is 5.75 Å². The van der Waals surface area contributed by atoms with Crippen molar-refractivity contribution < 1.29 is 28.6 Å². The first kappa shape index (κ1) is 25.3. The van der Waals surface area contributed by atoms with Crippen LogP contribution in [0.25, 0.3) is 10.9 Å². The molecule has 37 heavy (non-hydrogen) atoms. The van der Waals surface area contributed by atoms with Gasteiger partial charge in [0.25, 0.3) is 0 Å². The molecule has 1 aliphatic carbocycles. The number of aromatic nitrogens is 1. The highest BCUT2D eigenvalue weighted by Gasteiger charge is 2.53. The van der Waals surface area contributed by atoms with Gasteiger partial charge in [-0.3, -0.25) is 9.69 Å². The average Bonchev–Trinajstić information content (AvgIpc) is 3.58. The molecule has 2 aliphatic heterocycles. The zero-order chi connectivity index (χ0) is 26.9. The van der Waals surface area contributed by atoms with Crippen molar-refractivity contribution >= 4 is 28.7 Å². The van der Waals surface area contributed by atoms with E-state index in [9.17, 15) is 19.5 Å². The van der Waals surface area contributed by atoms with Crippen LogP contribution in [-0.2, 0) is 4.74 Å². The lowest BCUT2D eigenvalue weighted by Crippen LogP contribution is -2.66. The number of nitrogens with zero attached hydrogens (tertiary/aromatic N) is 3. The Morgan fingerprint density at radius 2 is 1.95 bits per heavy atom. The van der Waals surface area contributed by atoms with Gasteiger partial charge in [0.1, 0.15) is 22.5 Å². The number of carbonyl (C=O) groups is 2. The minimum absolute atomic E-state index is 0.00178. The molecule has 3 N–H and O–H groups in total. The molecule has 1 aromatic heterocycles. The van der Waals surface area contributed by atoms with Crippen molar-refractivity contribution in [1.82, 2.24) is 9.47 Å². The van der Waals surface area contributed by atoms with E-state index in [4.69, 9.17) is 15.2 Å². The molecular formula is C26H33FN4O6. The van der Waals surface area contributed by atoms with Crippen molar-refractivity contribution in [3.8, 4) is 5.75 Å². The summed E-state index contributed by atoms with van der Waals surface area (Å²) in [5.74, 6) is -2.05. The lowest BCUT2D eigenvalue weighted by atomic mass is 9.87. The highest BCUT2D eigenvalue weighted by Crippen LogP contribution is 2.47. The summed E-state index contributed by atoms with van der Waals surface area (Å²) in [5.41, 5.74) is 4.46. The van der Waals surface area contributed by atoms with Crippen molar-refractivity contribution in [1.29, 1.82) is 0 Å². The Balaban J connectivity index is 1.62. The van der Waals surface area contributed by atoms with Crippen LogP contribution in [0.15, 0.2) is 17.1 Å². The van der Waals surface area contributed by atoms with Gasteiger partial charge in [0.2, 0.25) is 5.43 Å². The molecule has 2 atom stereocenters. The Labute approximate surface area is 213 Å². The molecule has 0 spiro atoms. The number of carboxylic acid groups (broad SMARTS) is 1. The molecule has 2 saturated heterocycles. The summed E-state index contributed by atoms with van der Waals surface area (Å²) < 4.78 is 28.8. The maximum atomic E-state index is 15.8. The number of aromatic carboxylic acids is 1. The lowest BCUT2D eigenvalue weighted by molar-refractivity contribution is -0.0208. The number of fused-ring (bicyclic) bond motifs is 2. The summed E-state index contributed by atoms with van der Waals surface area (Å²) in [6.07, 6.45) is 3.96. The summed E-state index contributed by atoms with van der Waals surface area (Å²) in [4.78, 5) is 41.1. The number of likely N-dealkylation sites (tertiary alicyclic amines) is 1. The number of anilines is 1. The fraction of sp³-hybridized carbons (Fsp3) is 0.577. The van der Waals surface area contributed by atoms with E-state index in [-0.39, 0.29) is 35.3 Å². The maximum Gasteiger partial charge on any atom is 0.411 e. The third kappa shape index (κ3) is 4.18. The van der Waals surface area contributed by atoms with Crippen molar-refractivity contribution in [2.24, 2.45) is 11.7 Å². The molecule has 3 fully saturated rings. The Kier molecular flexibility index (Phi) is 5.89. The first-order chi connectivity index (χ1) is 17.4. The van der Waals surface area contributed by atoms with E-state index in [1.807, 2.05) is 0 Å². The summed E-state index contributed by atoms with van der Waals surface area (Å²) in [6, 6.07) is 1.09. The number of halogens is 1. The molecule has 10 nitrogen and oxygen atoms in total. The highest BCUT2D eigenvalue weighted by atomic mass is 19.1. The largest absolute Gasteiger partial charge is 0.492 e. The molecule has 1 aromatic carbocycles. The maximum absolute atomic E-state index is 15.8. The summed E-state index contributed by atoms with van der Waals surface area (Å²) in [5, 5.41) is 9.52. The standard InChI is InChI=1S/C26H33FN4O6/c1-25(2,3)37-24(35)31-9-5-6-14-11-29(13-26(14,31)28)20-18(27)10-16-19(22(20)36-4)30(15-7-8-15)12-17(21(16)32)23(33)34/h10,12,14-15H,5-9,11,13,28H2,1-4H3,(H,33,34). The van der Waals surface area contributed by atoms with Gasteiger partial charge >= 0.3 is 12.1 Å². The van der Waals surface area contributed by atoms with E-state index in [0.717, 1.165) is 31.7 Å². The Morgan fingerprint density at radius 1 is 1.24 bits per heavy atom. The van der Waals surface area contributed by atoms with E-state index in [2.05, 4.69) is 0 Å². The second-order valence-electron chi connectivity index (χ2n) is 11.3. The number of piperidine rings is 1. The number of nitrogens with two attached hydrogens (primary N) is 1. The normalized spacial score (nSPS) is 23.8. The van der Waals surface area contributed by atoms with Gasteiger partial charge in [0.15, 0.2) is 11.6 Å². The van der Waals surface area contributed by atoms with Crippen LogP contribution in [0.2, 0.25) is 0 Å². The summed E-state index contributed by atoms with van der Waals surface area (Å²) in [7, 11) is 1.40. The van der Waals surface area contributed by atoms with E-state index >= 15 is 4.39 Å². The van der Waals surface area contributed by atoms with Gasteiger partial charge in [-0.15, -0.1) is 0 Å². The van der Waals surface area contributed by atoms with Crippen molar-refractivity contribution in [2.45, 2.75) is 63.8 Å². The van der Waals surface area contributed by atoms with Crippen LogP contribution in [0.1, 0.15) is 62.9 Å². The SMILES string of the molecule is COc1c(N2CC3CCCN(C(=O)OC(C)(C)C)C3(N)C2)c(F)cc2c(=O)c(C(=O)O)cn(C3CC3)c12. The predicted molar refractivity (Wildman–Crippen MR) is 135 cm³/mol. The molecule has 0 radical (unpaired) electrons. The molecule has 1 amide bonds. The van der Waals surface area contributed by atoms with E-state index in [0.29, 0.717) is 18.6 Å². The summed E-state index contributed by atoms with van der Waals surface area (Å²) >= 11 is 0. The molecule has 11 heteroatoms. The minimum Gasteiger partial charge on any atom is -0.492 e. The van der Waals surface area contributed by atoms with Crippen LogP contribution in [-0.4, -0.2) is 64.6 Å². The third-order valence-corrected chi connectivity index (χ3v) is 7.53. The van der Waals surface area contributed by atoms with Gasteiger partial charge in [-0.2, -0.15) is 0 Å². The van der Waals surface area contributed by atoms with Crippen molar-refractivity contribution in [3.05, 3.63) is 33.9 Å². The third-order valence-electron chi connectivity index (χ3n) is 7.53. The van der Waals surface area contributed by atoms with Crippen LogP contribution in [0, 0.1) is 11.7 Å². The Bertz CT molecular complexity index is 1350. The lowest BCUT2D eigenvalue weighted by Gasteiger charge is -2.45. The number of pyridine rings is 1. The predicted octanol–water partition coefficient (Wildman–Crippen LogP) is 3.30. The minimum atomic E-state index is -1.36. The van der Waals surface area contributed by atoms with Gasteiger partial charge in [-0.05, 0) is 52.5 Å². The number of hydrogen-bond donors (Lipinski definition) is 2. The number of amides is 1. The topological polar surface area (TPSA) is 127 Å².